The molecule has 0 bridgehead atoms. The second kappa shape index (κ2) is 7.28. The second-order valence-electron chi connectivity index (χ2n) is 4.79. The summed E-state index contributed by atoms with van der Waals surface area (Å²) in [5.74, 6) is -1.83. The fourth-order valence-corrected chi connectivity index (χ4v) is 1.69. The summed E-state index contributed by atoms with van der Waals surface area (Å²) < 4.78 is 0. The first-order valence-electron chi connectivity index (χ1n) is 6.45. The molecule has 3 amide bonds. The zero-order valence-electron chi connectivity index (χ0n) is 12.0. The average Bonchev–Trinajstić information content (AvgIpc) is 2.38. The van der Waals surface area contributed by atoms with Crippen LogP contribution in [-0.2, 0) is 9.59 Å². The van der Waals surface area contributed by atoms with Gasteiger partial charge in [0.05, 0.1) is 0 Å². The van der Waals surface area contributed by atoms with E-state index in [9.17, 15) is 14.4 Å². The average molecular weight is 293 g/mol. The maximum atomic E-state index is 11.8. The Morgan fingerprint density at radius 2 is 1.90 bits per heavy atom. The molecule has 0 aliphatic heterocycles. The van der Waals surface area contributed by atoms with Gasteiger partial charge in [-0.15, -0.1) is 0 Å². The zero-order chi connectivity index (χ0) is 16.0. The zero-order valence-corrected chi connectivity index (χ0v) is 12.0. The first-order chi connectivity index (χ1) is 9.79. The summed E-state index contributed by atoms with van der Waals surface area (Å²) in [6.07, 6.45) is -0.161. The number of carboxylic acids is 1. The van der Waals surface area contributed by atoms with Crippen LogP contribution >= 0.6 is 0 Å². The molecule has 0 heterocycles. The van der Waals surface area contributed by atoms with Crippen LogP contribution in [0, 0.1) is 13.8 Å². The molecule has 0 aliphatic carbocycles. The van der Waals surface area contributed by atoms with E-state index in [0.29, 0.717) is 5.69 Å². The molecule has 0 saturated carbocycles. The van der Waals surface area contributed by atoms with Gasteiger partial charge in [-0.05, 0) is 43.5 Å². The molecule has 0 saturated heterocycles. The van der Waals surface area contributed by atoms with Crippen molar-refractivity contribution in [2.45, 2.75) is 32.7 Å². The Kier molecular flexibility index (Phi) is 5.71. The van der Waals surface area contributed by atoms with Crippen molar-refractivity contribution >= 4 is 23.6 Å². The summed E-state index contributed by atoms with van der Waals surface area (Å²) >= 11 is 0. The number of hydrogen-bond acceptors (Lipinski definition) is 3. The lowest BCUT2D eigenvalue weighted by Gasteiger charge is -2.15. The maximum Gasteiger partial charge on any atom is 0.326 e. The Balaban J connectivity index is 2.62. The molecule has 1 aromatic carbocycles. The molecule has 0 radical (unpaired) electrons. The summed E-state index contributed by atoms with van der Waals surface area (Å²) in [5, 5.41) is 13.8. The number of benzene rings is 1. The van der Waals surface area contributed by atoms with Gasteiger partial charge in [-0.3, -0.25) is 4.79 Å². The van der Waals surface area contributed by atoms with E-state index in [0.717, 1.165) is 11.1 Å². The van der Waals surface area contributed by atoms with Crippen LogP contribution < -0.4 is 16.4 Å². The third-order valence-corrected chi connectivity index (χ3v) is 3.05. The van der Waals surface area contributed by atoms with Crippen molar-refractivity contribution in [2.24, 2.45) is 5.73 Å². The van der Waals surface area contributed by atoms with E-state index in [-0.39, 0.29) is 12.8 Å². The lowest BCUT2D eigenvalue weighted by molar-refractivity contribution is -0.139. The number of aliphatic carboxylic acids is 1. The molecule has 5 N–H and O–H groups in total. The van der Waals surface area contributed by atoms with Crippen LogP contribution in [-0.4, -0.2) is 29.1 Å². The van der Waals surface area contributed by atoms with E-state index in [1.807, 2.05) is 19.9 Å². The van der Waals surface area contributed by atoms with Crippen molar-refractivity contribution in [1.82, 2.24) is 5.32 Å². The Morgan fingerprint density at radius 3 is 2.43 bits per heavy atom. The number of urea groups is 1. The summed E-state index contributed by atoms with van der Waals surface area (Å²) in [5.41, 5.74) is 7.63. The SMILES string of the molecule is Cc1ccc(NC(=O)N[C@H](CCC(N)=O)C(=O)O)cc1C. The van der Waals surface area contributed by atoms with Gasteiger partial charge >= 0.3 is 12.0 Å². The number of anilines is 1. The highest BCUT2D eigenvalue weighted by Crippen LogP contribution is 2.14. The van der Waals surface area contributed by atoms with Crippen LogP contribution in [0.15, 0.2) is 18.2 Å². The van der Waals surface area contributed by atoms with Gasteiger partial charge in [-0.25, -0.2) is 9.59 Å². The predicted octanol–water partition coefficient (Wildman–Crippen LogP) is 1.14. The molecule has 0 unspecified atom stereocenters. The molecule has 0 fully saturated rings. The fourth-order valence-electron chi connectivity index (χ4n) is 1.69. The number of nitrogens with two attached hydrogens (primary N) is 1. The summed E-state index contributed by atoms with van der Waals surface area (Å²) in [7, 11) is 0. The van der Waals surface area contributed by atoms with Crippen molar-refractivity contribution in [3.8, 4) is 0 Å². The molecule has 7 nitrogen and oxygen atoms in total. The minimum absolute atomic E-state index is 0.0506. The number of nitrogens with one attached hydrogen (secondary N) is 2. The Morgan fingerprint density at radius 1 is 1.24 bits per heavy atom. The monoisotopic (exact) mass is 293 g/mol. The Bertz CT molecular complexity index is 557. The Labute approximate surface area is 122 Å². The van der Waals surface area contributed by atoms with E-state index in [1.165, 1.54) is 0 Å². The molecule has 0 aromatic heterocycles. The molecule has 21 heavy (non-hydrogen) atoms. The van der Waals surface area contributed by atoms with Gasteiger partial charge < -0.3 is 21.5 Å². The summed E-state index contributed by atoms with van der Waals surface area (Å²) in [6.45, 7) is 3.86. The third kappa shape index (κ3) is 5.52. The van der Waals surface area contributed by atoms with E-state index in [2.05, 4.69) is 10.6 Å². The molecule has 1 rings (SSSR count). The van der Waals surface area contributed by atoms with Gasteiger partial charge in [-0.1, -0.05) is 6.07 Å². The van der Waals surface area contributed by atoms with E-state index in [4.69, 9.17) is 10.8 Å². The van der Waals surface area contributed by atoms with Crippen molar-refractivity contribution in [2.75, 3.05) is 5.32 Å². The van der Waals surface area contributed by atoms with Crippen molar-refractivity contribution in [3.05, 3.63) is 29.3 Å². The van der Waals surface area contributed by atoms with Crippen molar-refractivity contribution in [1.29, 1.82) is 0 Å². The number of carbonyl (C=O) groups excluding carboxylic acids is 2. The smallest absolute Gasteiger partial charge is 0.326 e. The topological polar surface area (TPSA) is 122 Å². The van der Waals surface area contributed by atoms with Gasteiger partial charge in [0, 0.05) is 12.1 Å². The molecular weight excluding hydrogens is 274 g/mol. The number of rotatable bonds is 6. The molecule has 0 spiro atoms. The van der Waals surface area contributed by atoms with E-state index < -0.39 is 23.9 Å². The summed E-state index contributed by atoms with van der Waals surface area (Å²) in [6, 6.07) is 3.56. The first-order valence-corrected chi connectivity index (χ1v) is 6.45. The summed E-state index contributed by atoms with van der Waals surface area (Å²) in [4.78, 5) is 33.4. The minimum Gasteiger partial charge on any atom is -0.480 e. The second-order valence-corrected chi connectivity index (χ2v) is 4.79. The Hall–Kier alpha value is -2.57. The van der Waals surface area contributed by atoms with Crippen LogP contribution in [0.25, 0.3) is 0 Å². The van der Waals surface area contributed by atoms with Crippen molar-refractivity contribution in [3.63, 3.8) is 0 Å². The highest BCUT2D eigenvalue weighted by atomic mass is 16.4. The molecule has 0 aliphatic rings. The van der Waals surface area contributed by atoms with Gasteiger partial charge in [0.2, 0.25) is 5.91 Å². The van der Waals surface area contributed by atoms with Crippen LogP contribution in [0.5, 0.6) is 0 Å². The maximum absolute atomic E-state index is 11.8. The molecule has 114 valence electrons. The minimum atomic E-state index is -1.22. The number of carboxylic acid groups (broad SMARTS) is 1. The lowest BCUT2D eigenvalue weighted by Crippen LogP contribution is -2.43. The van der Waals surface area contributed by atoms with Crippen LogP contribution in [0.2, 0.25) is 0 Å². The molecule has 7 heteroatoms. The lowest BCUT2D eigenvalue weighted by atomic mass is 10.1. The van der Waals surface area contributed by atoms with E-state index in [1.54, 1.807) is 12.1 Å². The van der Waals surface area contributed by atoms with Crippen LogP contribution in [0.4, 0.5) is 10.5 Å². The highest BCUT2D eigenvalue weighted by molar-refractivity contribution is 5.92. The number of carbonyl (C=O) groups is 3. The van der Waals surface area contributed by atoms with Crippen LogP contribution in [0.3, 0.4) is 0 Å². The van der Waals surface area contributed by atoms with Gasteiger partial charge in [0.25, 0.3) is 0 Å². The van der Waals surface area contributed by atoms with Gasteiger partial charge in [0.1, 0.15) is 6.04 Å². The molecular formula is C14H19N3O4. The highest BCUT2D eigenvalue weighted by Gasteiger charge is 2.20. The van der Waals surface area contributed by atoms with Gasteiger partial charge in [0.15, 0.2) is 0 Å². The fraction of sp³-hybridized carbons (Fsp3) is 0.357. The molecule has 1 atom stereocenters. The number of amides is 3. The van der Waals surface area contributed by atoms with Crippen molar-refractivity contribution < 1.29 is 19.5 Å². The van der Waals surface area contributed by atoms with E-state index >= 15 is 0 Å². The molecule has 1 aromatic rings. The number of hydrogen-bond donors (Lipinski definition) is 4. The standard InChI is InChI=1S/C14H19N3O4/c1-8-3-4-10(7-9(8)2)16-14(21)17-11(13(19)20)5-6-12(15)18/h3-4,7,11H,5-6H2,1-2H3,(H2,15,18)(H,19,20)(H2,16,17,21)/t11-/m1/s1. The van der Waals surface area contributed by atoms with Crippen LogP contribution in [0.1, 0.15) is 24.0 Å². The third-order valence-electron chi connectivity index (χ3n) is 3.05. The van der Waals surface area contributed by atoms with Gasteiger partial charge in [-0.2, -0.15) is 0 Å². The first kappa shape index (κ1) is 16.5. The quantitative estimate of drug-likeness (QED) is 0.628. The largest absolute Gasteiger partial charge is 0.480 e. The normalized spacial score (nSPS) is 11.5. The predicted molar refractivity (Wildman–Crippen MR) is 77.9 cm³/mol. The number of aryl methyl sites for hydroxylation is 2. The number of primary amides is 1.